The number of aromatic nitrogens is 5. The van der Waals surface area contributed by atoms with Gasteiger partial charge in [-0.3, -0.25) is 28.7 Å². The van der Waals surface area contributed by atoms with Gasteiger partial charge in [0, 0.05) is 69.7 Å². The number of hydrogen-bond donors (Lipinski definition) is 4. The number of hydrogen-bond acceptors (Lipinski definition) is 12. The molecule has 5 heterocycles. The maximum absolute atomic E-state index is 14.0. The van der Waals surface area contributed by atoms with E-state index < -0.39 is 35.4 Å². The molecule has 0 unspecified atom stereocenters. The molecule has 0 bridgehead atoms. The van der Waals surface area contributed by atoms with Crippen molar-refractivity contribution in [3.63, 3.8) is 0 Å². The summed E-state index contributed by atoms with van der Waals surface area (Å²) in [5, 5.41) is 24.9. The van der Waals surface area contributed by atoms with Gasteiger partial charge in [0.05, 0.1) is 54.7 Å². The molecule has 18 nitrogen and oxygen atoms in total. The van der Waals surface area contributed by atoms with E-state index in [-0.39, 0.29) is 63.7 Å². The maximum atomic E-state index is 14.0. The van der Waals surface area contributed by atoms with Crippen molar-refractivity contribution < 1.29 is 38.6 Å². The molecule has 1 fully saturated rings. The van der Waals surface area contributed by atoms with Crippen LogP contribution in [0, 0.1) is 12.3 Å². The summed E-state index contributed by atoms with van der Waals surface area (Å²) in [6.07, 6.45) is 5.79. The number of amides is 5. The summed E-state index contributed by atoms with van der Waals surface area (Å²) in [5.74, 6) is -1.49. The summed E-state index contributed by atoms with van der Waals surface area (Å²) in [4.78, 5) is 80.2. The van der Waals surface area contributed by atoms with E-state index in [4.69, 9.17) is 9.47 Å². The Balaban J connectivity index is 0.813. The van der Waals surface area contributed by atoms with Crippen LogP contribution in [-0.2, 0) is 41.7 Å². The Labute approximate surface area is 393 Å². The molecule has 2 aliphatic heterocycles. The van der Waals surface area contributed by atoms with Crippen molar-refractivity contribution in [2.45, 2.75) is 78.2 Å². The lowest BCUT2D eigenvalue weighted by molar-refractivity contribution is -0.144. The number of likely N-dealkylation sites (tertiary alicyclic amines) is 1. The number of ether oxygens (including phenoxy) is 2. The van der Waals surface area contributed by atoms with Crippen LogP contribution >= 0.6 is 11.3 Å². The molecule has 5 aromatic rings. The highest BCUT2D eigenvalue weighted by Crippen LogP contribution is 2.29. The number of aliphatic hydroxyl groups is 1. The third kappa shape index (κ3) is 12.6. The molecule has 2 aliphatic rings. The van der Waals surface area contributed by atoms with E-state index in [9.17, 15) is 29.1 Å². The Kier molecular flexibility index (Phi) is 16.0. The van der Waals surface area contributed by atoms with Gasteiger partial charge >= 0.3 is 0 Å². The molecule has 3 aromatic heterocycles. The zero-order valence-electron chi connectivity index (χ0n) is 38.7. The molecule has 356 valence electrons. The van der Waals surface area contributed by atoms with E-state index in [0.717, 1.165) is 50.2 Å². The van der Waals surface area contributed by atoms with Crippen molar-refractivity contribution in [3.8, 4) is 10.4 Å². The highest BCUT2D eigenvalue weighted by molar-refractivity contribution is 7.13. The number of nitrogens with zero attached hydrogens (tertiary/aromatic N) is 7. The molecule has 2 aromatic carbocycles. The normalized spacial score (nSPS) is 16.8. The average molecular weight is 937 g/mol. The minimum atomic E-state index is -0.990. The van der Waals surface area contributed by atoms with Gasteiger partial charge in [0.15, 0.2) is 0 Å². The van der Waals surface area contributed by atoms with E-state index in [1.807, 2.05) is 86.6 Å². The summed E-state index contributed by atoms with van der Waals surface area (Å²) in [6.45, 7) is 9.78. The number of rotatable bonds is 19. The number of fused-ring (bicyclic) bond motifs is 1. The SMILES string of the molecule is Cc1ncsc1-c1ccc(CNC(=O)[C@@H]2C[C@@H](O)CN2C(=O)[C@@H](NC(=O)COCCOCCN(C)C(=O)c2cc3ccc(C4=CCCN(C(=O)CCn5ccnn5)C4)cc3[nH]2)C(C)(C)C)cc1. The van der Waals surface area contributed by atoms with E-state index in [0.29, 0.717) is 38.3 Å². The molecule has 0 aliphatic carbocycles. The first-order valence-electron chi connectivity index (χ1n) is 22.5. The topological polar surface area (TPSA) is 217 Å². The molecule has 3 atom stereocenters. The van der Waals surface area contributed by atoms with Gasteiger partial charge in [0.1, 0.15) is 24.4 Å². The highest BCUT2D eigenvalue weighted by atomic mass is 32.1. The summed E-state index contributed by atoms with van der Waals surface area (Å²) >= 11 is 1.57. The van der Waals surface area contributed by atoms with Crippen molar-refractivity contribution >= 4 is 57.3 Å². The minimum Gasteiger partial charge on any atom is -0.391 e. The largest absolute Gasteiger partial charge is 0.391 e. The number of thiazole rings is 1. The monoisotopic (exact) mass is 936 g/mol. The van der Waals surface area contributed by atoms with Gasteiger partial charge in [-0.05, 0) is 53.2 Å². The van der Waals surface area contributed by atoms with E-state index >= 15 is 0 Å². The summed E-state index contributed by atoms with van der Waals surface area (Å²) in [7, 11) is 1.69. The van der Waals surface area contributed by atoms with Gasteiger partial charge in [0.25, 0.3) is 5.91 Å². The predicted octanol–water partition coefficient (Wildman–Crippen LogP) is 3.81. The summed E-state index contributed by atoms with van der Waals surface area (Å²) < 4.78 is 12.9. The van der Waals surface area contributed by atoms with Crippen molar-refractivity contribution in [1.29, 1.82) is 0 Å². The Morgan fingerprint density at radius 3 is 2.54 bits per heavy atom. The van der Waals surface area contributed by atoms with Crippen LogP contribution in [0.25, 0.3) is 26.9 Å². The average Bonchev–Trinajstić information content (AvgIpc) is 4.16. The number of nitrogens with one attached hydrogen (secondary N) is 3. The number of carbonyl (C=O) groups excluding carboxylic acids is 5. The second kappa shape index (κ2) is 22.0. The third-order valence-corrected chi connectivity index (χ3v) is 13.0. The molecule has 7 rings (SSSR count). The molecule has 0 saturated carbocycles. The van der Waals surface area contributed by atoms with Crippen molar-refractivity contribution in [1.82, 2.24) is 50.3 Å². The van der Waals surface area contributed by atoms with Gasteiger partial charge < -0.3 is 44.9 Å². The number of H-pyrrole nitrogens is 1. The minimum absolute atomic E-state index is 0.0315. The van der Waals surface area contributed by atoms with Gasteiger partial charge in [-0.15, -0.1) is 16.4 Å². The van der Waals surface area contributed by atoms with Crippen LogP contribution in [0.2, 0.25) is 0 Å². The van der Waals surface area contributed by atoms with Crippen molar-refractivity contribution in [3.05, 3.63) is 95.0 Å². The molecule has 67 heavy (non-hydrogen) atoms. The second-order valence-corrected chi connectivity index (χ2v) is 18.9. The molecule has 5 amide bonds. The fourth-order valence-electron chi connectivity index (χ4n) is 8.20. The first-order valence-corrected chi connectivity index (χ1v) is 23.4. The summed E-state index contributed by atoms with van der Waals surface area (Å²) in [6, 6.07) is 13.8. The lowest BCUT2D eigenvalue weighted by Gasteiger charge is -2.35. The number of likely N-dealkylation sites (N-methyl/N-ethyl adjacent to an activating group) is 1. The van der Waals surface area contributed by atoms with Crippen LogP contribution in [0.5, 0.6) is 0 Å². The molecule has 4 N–H and O–H groups in total. The van der Waals surface area contributed by atoms with Crippen LogP contribution < -0.4 is 10.6 Å². The lowest BCUT2D eigenvalue weighted by atomic mass is 9.85. The first-order chi connectivity index (χ1) is 32.1. The zero-order chi connectivity index (χ0) is 47.7. The van der Waals surface area contributed by atoms with Crippen molar-refractivity contribution in [2.24, 2.45) is 5.41 Å². The number of benzene rings is 2. The predicted molar refractivity (Wildman–Crippen MR) is 252 cm³/mol. The lowest BCUT2D eigenvalue weighted by Crippen LogP contribution is -2.58. The fraction of sp³-hybridized carbons (Fsp3) is 0.458. The Hall–Kier alpha value is -6.28. The molecular weight excluding hydrogens is 877 g/mol. The quantitative estimate of drug-likeness (QED) is 0.0874. The molecule has 0 radical (unpaired) electrons. The molecule has 1 saturated heterocycles. The maximum Gasteiger partial charge on any atom is 0.270 e. The zero-order valence-corrected chi connectivity index (χ0v) is 39.5. The summed E-state index contributed by atoms with van der Waals surface area (Å²) in [5.41, 5.74) is 7.28. The van der Waals surface area contributed by atoms with Crippen LogP contribution in [0.15, 0.2) is 72.5 Å². The number of aliphatic hydroxyl groups excluding tert-OH is 1. The van der Waals surface area contributed by atoms with Crippen molar-refractivity contribution in [2.75, 3.05) is 59.7 Å². The third-order valence-electron chi connectivity index (χ3n) is 12.0. The molecule has 19 heteroatoms. The van der Waals surface area contributed by atoms with Crippen LogP contribution in [0.3, 0.4) is 0 Å². The van der Waals surface area contributed by atoms with E-state index in [1.165, 1.54) is 4.90 Å². The number of β-amino-alcohol motifs (C(OH)–C–C–N with tert-alkyl or cyclic N) is 1. The first kappa shape index (κ1) is 48.6. The Morgan fingerprint density at radius 2 is 1.81 bits per heavy atom. The van der Waals surface area contributed by atoms with Crippen LogP contribution in [0.1, 0.15) is 67.3 Å². The number of aromatic amines is 1. The van der Waals surface area contributed by atoms with Crippen LogP contribution in [-0.4, -0.2) is 152 Å². The highest BCUT2D eigenvalue weighted by Gasteiger charge is 2.44. The molecule has 0 spiro atoms. The number of carbonyl (C=O) groups is 5. The smallest absolute Gasteiger partial charge is 0.270 e. The number of aryl methyl sites for hydroxylation is 2. The van der Waals surface area contributed by atoms with Crippen LogP contribution in [0.4, 0.5) is 0 Å². The second-order valence-electron chi connectivity index (χ2n) is 18.1. The van der Waals surface area contributed by atoms with E-state index in [2.05, 4.69) is 37.0 Å². The Morgan fingerprint density at radius 1 is 1.03 bits per heavy atom. The van der Waals surface area contributed by atoms with E-state index in [1.54, 1.807) is 40.4 Å². The van der Waals surface area contributed by atoms with Gasteiger partial charge in [-0.2, -0.15) is 0 Å². The van der Waals surface area contributed by atoms with Gasteiger partial charge in [-0.1, -0.05) is 68.5 Å². The van der Waals surface area contributed by atoms with Gasteiger partial charge in [-0.25, -0.2) is 4.98 Å². The molecular formula is C48H60N10O8S. The standard InChI is InChI=1S/C48H60N10O8S/c1-31-43(67-30-50-31)33-10-8-32(9-11-33)26-49-45(62)40-25-37(59)28-58(40)47(64)44(48(2,3)4)53-41(60)29-66-22-21-65-20-19-55(5)46(63)39-24-35-13-12-34(23-38(35)52-39)36-7-6-16-56(27-36)42(61)14-17-57-18-15-51-54-57/h7-13,15,18,23-24,30,37,40,44,52,59H,6,14,16-17,19-22,25-29H2,1-5H3,(H,49,62)(H,53,60)/t37-,40+,44-/m1/s1. The van der Waals surface area contributed by atoms with Gasteiger partial charge in [0.2, 0.25) is 23.6 Å². The fourth-order valence-corrected chi connectivity index (χ4v) is 9.02. The Bertz CT molecular complexity index is 2550.